The van der Waals surface area contributed by atoms with E-state index in [1.165, 1.54) is 24.3 Å². The van der Waals surface area contributed by atoms with E-state index in [0.717, 1.165) is 4.90 Å². The lowest BCUT2D eigenvalue weighted by molar-refractivity contribution is -0.384. The van der Waals surface area contributed by atoms with E-state index in [-0.39, 0.29) is 11.4 Å². The van der Waals surface area contributed by atoms with Crippen LogP contribution in [0.5, 0.6) is 0 Å². The summed E-state index contributed by atoms with van der Waals surface area (Å²) in [5.41, 5.74) is -0.743. The van der Waals surface area contributed by atoms with Crippen LogP contribution >= 0.6 is 15.9 Å². The number of nitro benzene ring substituents is 1. The van der Waals surface area contributed by atoms with Gasteiger partial charge in [0.15, 0.2) is 0 Å². The third-order valence-electron chi connectivity index (χ3n) is 4.33. The summed E-state index contributed by atoms with van der Waals surface area (Å²) in [7, 11) is 0. The summed E-state index contributed by atoms with van der Waals surface area (Å²) in [6.45, 7) is 1.04. The second-order valence-corrected chi connectivity index (χ2v) is 7.14. The first kappa shape index (κ1) is 19.5. The second-order valence-electron chi connectivity index (χ2n) is 6.28. The van der Waals surface area contributed by atoms with Crippen molar-refractivity contribution in [3.05, 3.63) is 68.7 Å². The summed E-state index contributed by atoms with van der Waals surface area (Å²) >= 11 is 3.37. The zero-order chi connectivity index (χ0) is 20.5. The summed E-state index contributed by atoms with van der Waals surface area (Å²) in [4.78, 5) is 48.5. The van der Waals surface area contributed by atoms with Crippen LogP contribution in [0.2, 0.25) is 0 Å². The Morgan fingerprint density at radius 1 is 1.25 bits per heavy atom. The molecule has 3 rings (SSSR count). The molecule has 0 unspecified atom stereocenters. The first-order valence-corrected chi connectivity index (χ1v) is 8.95. The number of amides is 4. The molecule has 0 saturated carbocycles. The molecule has 1 saturated heterocycles. The van der Waals surface area contributed by atoms with E-state index in [9.17, 15) is 24.5 Å². The van der Waals surface area contributed by atoms with Gasteiger partial charge in [-0.05, 0) is 19.1 Å². The second kappa shape index (κ2) is 7.39. The van der Waals surface area contributed by atoms with Crippen molar-refractivity contribution >= 4 is 45.2 Å². The van der Waals surface area contributed by atoms with E-state index in [4.69, 9.17) is 0 Å². The number of urea groups is 1. The first-order valence-electron chi connectivity index (χ1n) is 8.16. The van der Waals surface area contributed by atoms with E-state index in [0.29, 0.717) is 10.0 Å². The van der Waals surface area contributed by atoms with Crippen LogP contribution in [0.3, 0.4) is 0 Å². The topological polar surface area (TPSA) is 122 Å². The lowest BCUT2D eigenvalue weighted by atomic mass is 9.92. The molecule has 2 N–H and O–H groups in total. The number of carbonyl (C=O) groups excluding carboxylic acids is 3. The monoisotopic (exact) mass is 446 g/mol. The highest BCUT2D eigenvalue weighted by Crippen LogP contribution is 2.33. The van der Waals surface area contributed by atoms with Crippen LogP contribution in [0.15, 0.2) is 53.0 Å². The van der Waals surface area contributed by atoms with Gasteiger partial charge in [0.1, 0.15) is 12.1 Å². The maximum absolute atomic E-state index is 12.9. The maximum Gasteiger partial charge on any atom is 0.325 e. The lowest BCUT2D eigenvalue weighted by Gasteiger charge is -2.23. The largest absolute Gasteiger partial charge is 0.325 e. The van der Waals surface area contributed by atoms with E-state index in [1.54, 1.807) is 31.2 Å². The number of imide groups is 1. The third-order valence-corrected chi connectivity index (χ3v) is 5.02. The molecule has 1 fully saturated rings. The van der Waals surface area contributed by atoms with Gasteiger partial charge in [0, 0.05) is 27.9 Å². The van der Waals surface area contributed by atoms with Crippen molar-refractivity contribution in [2.75, 3.05) is 11.9 Å². The van der Waals surface area contributed by atoms with Crippen LogP contribution in [0.1, 0.15) is 12.5 Å². The van der Waals surface area contributed by atoms with E-state index >= 15 is 0 Å². The normalized spacial score (nSPS) is 18.7. The number of hydrogen-bond donors (Lipinski definition) is 2. The highest BCUT2D eigenvalue weighted by molar-refractivity contribution is 9.10. The number of nitrogens with one attached hydrogen (secondary N) is 2. The fraction of sp³-hybridized carbons (Fsp3) is 0.167. The maximum atomic E-state index is 12.9. The average molecular weight is 447 g/mol. The lowest BCUT2D eigenvalue weighted by Crippen LogP contribution is -2.42. The molecule has 2 aromatic rings. The van der Waals surface area contributed by atoms with Gasteiger partial charge in [-0.25, -0.2) is 4.79 Å². The van der Waals surface area contributed by atoms with Gasteiger partial charge in [0.2, 0.25) is 5.91 Å². The van der Waals surface area contributed by atoms with Crippen molar-refractivity contribution in [2.24, 2.45) is 0 Å². The Hall–Kier alpha value is -3.27. The van der Waals surface area contributed by atoms with Gasteiger partial charge in [0.05, 0.1) is 4.92 Å². The van der Waals surface area contributed by atoms with Gasteiger partial charge in [-0.1, -0.05) is 40.2 Å². The number of nitrogens with zero attached hydrogens (tertiary/aromatic N) is 2. The molecule has 1 aliphatic heterocycles. The summed E-state index contributed by atoms with van der Waals surface area (Å²) < 4.78 is 0.647. The molecule has 28 heavy (non-hydrogen) atoms. The molecule has 1 aliphatic rings. The van der Waals surface area contributed by atoms with Crippen molar-refractivity contribution < 1.29 is 19.3 Å². The summed E-state index contributed by atoms with van der Waals surface area (Å²) in [6.07, 6.45) is 0. The molecule has 1 heterocycles. The molecule has 0 aromatic heterocycles. The Bertz CT molecular complexity index is 995. The molecule has 144 valence electrons. The van der Waals surface area contributed by atoms with E-state index in [2.05, 4.69) is 26.6 Å². The van der Waals surface area contributed by atoms with Crippen molar-refractivity contribution in [1.82, 2.24) is 10.2 Å². The molecule has 0 radical (unpaired) electrons. The van der Waals surface area contributed by atoms with Gasteiger partial charge in [-0.3, -0.25) is 24.6 Å². The number of halogens is 1. The van der Waals surface area contributed by atoms with Gasteiger partial charge in [0.25, 0.3) is 11.6 Å². The summed E-state index contributed by atoms with van der Waals surface area (Å²) in [5, 5.41) is 15.9. The van der Waals surface area contributed by atoms with Crippen LogP contribution < -0.4 is 10.6 Å². The number of benzene rings is 2. The zero-order valence-electron chi connectivity index (χ0n) is 14.6. The predicted octanol–water partition coefficient (Wildman–Crippen LogP) is 2.76. The highest BCUT2D eigenvalue weighted by atomic mass is 79.9. The number of non-ortho nitro benzene ring substituents is 1. The molecule has 9 nitrogen and oxygen atoms in total. The molecule has 0 spiro atoms. The average Bonchev–Trinajstić information content (AvgIpc) is 2.86. The number of hydrogen-bond acceptors (Lipinski definition) is 5. The molecular weight excluding hydrogens is 432 g/mol. The minimum atomic E-state index is -1.32. The third kappa shape index (κ3) is 3.58. The summed E-state index contributed by atoms with van der Waals surface area (Å²) in [6, 6.07) is 11.6. The number of nitro groups is 1. The van der Waals surface area contributed by atoms with Crippen LogP contribution in [0.4, 0.5) is 16.2 Å². The zero-order valence-corrected chi connectivity index (χ0v) is 16.2. The Morgan fingerprint density at radius 3 is 2.64 bits per heavy atom. The fourth-order valence-electron chi connectivity index (χ4n) is 2.93. The molecule has 4 amide bonds. The highest BCUT2D eigenvalue weighted by Gasteiger charge is 2.50. The minimum Gasteiger partial charge on any atom is -0.324 e. The molecule has 1 atom stereocenters. The van der Waals surface area contributed by atoms with Gasteiger partial charge in [-0.2, -0.15) is 0 Å². The van der Waals surface area contributed by atoms with Gasteiger partial charge in [-0.15, -0.1) is 0 Å². The fourth-order valence-corrected chi connectivity index (χ4v) is 3.61. The van der Waals surface area contributed by atoms with Crippen LogP contribution in [0, 0.1) is 10.1 Å². The Morgan fingerprint density at radius 2 is 1.96 bits per heavy atom. The minimum absolute atomic E-state index is 0.186. The standard InChI is InChI=1S/C18H15BrN4O5/c1-18(13-7-2-3-8-14(13)19)16(25)22(17(26)21-18)10-15(24)20-11-5-4-6-12(9-11)23(27)28/h2-9H,10H2,1H3,(H,20,24)(H,21,26)/t18-/m1/s1. The van der Waals surface area contributed by atoms with E-state index < -0.39 is 34.9 Å². The predicted molar refractivity (Wildman–Crippen MR) is 103 cm³/mol. The quantitative estimate of drug-likeness (QED) is 0.415. The Kier molecular flexibility index (Phi) is 5.14. The van der Waals surface area contributed by atoms with Crippen molar-refractivity contribution in [3.63, 3.8) is 0 Å². The molecule has 10 heteroatoms. The van der Waals surface area contributed by atoms with Crippen LogP contribution in [0.25, 0.3) is 0 Å². The van der Waals surface area contributed by atoms with E-state index in [1.807, 2.05) is 0 Å². The molecule has 0 bridgehead atoms. The number of anilines is 1. The number of rotatable bonds is 5. The molecule has 2 aromatic carbocycles. The van der Waals surface area contributed by atoms with Gasteiger partial charge < -0.3 is 10.6 Å². The summed E-state index contributed by atoms with van der Waals surface area (Å²) in [5.74, 6) is -1.22. The number of carbonyl (C=O) groups is 3. The SMILES string of the molecule is C[C@]1(c2ccccc2Br)NC(=O)N(CC(=O)Nc2cccc([N+](=O)[O-])c2)C1=O. The van der Waals surface area contributed by atoms with Crippen molar-refractivity contribution in [1.29, 1.82) is 0 Å². The smallest absolute Gasteiger partial charge is 0.324 e. The Labute approximate surface area is 168 Å². The van der Waals surface area contributed by atoms with Crippen LogP contribution in [-0.4, -0.2) is 34.2 Å². The molecule has 0 aliphatic carbocycles. The van der Waals surface area contributed by atoms with Crippen molar-refractivity contribution in [2.45, 2.75) is 12.5 Å². The Balaban J connectivity index is 1.76. The van der Waals surface area contributed by atoms with Crippen molar-refractivity contribution in [3.8, 4) is 0 Å². The van der Waals surface area contributed by atoms with Gasteiger partial charge >= 0.3 is 6.03 Å². The first-order chi connectivity index (χ1) is 13.2. The van der Waals surface area contributed by atoms with Crippen LogP contribution in [-0.2, 0) is 15.1 Å². The molecular formula is C18H15BrN4O5.